The molecule has 0 radical (unpaired) electrons. The molecule has 0 amide bonds. The van der Waals surface area contributed by atoms with Crippen molar-refractivity contribution in [3.05, 3.63) is 21.9 Å². The standard InChI is InChI=1S/C11H18N2OS/c1-8-9(4-7-15-8)10(13-12)11(14-2)5-3-6-11/h4,7,10,13H,3,5-6,12H2,1-2H3. The fraction of sp³-hybridized carbons (Fsp3) is 0.636. The van der Waals surface area contributed by atoms with Gasteiger partial charge in [-0.2, -0.15) is 0 Å². The Hall–Kier alpha value is -0.420. The minimum Gasteiger partial charge on any atom is -0.376 e. The van der Waals surface area contributed by atoms with Crippen LogP contribution in [0.25, 0.3) is 0 Å². The fourth-order valence-corrected chi connectivity index (χ4v) is 3.10. The van der Waals surface area contributed by atoms with E-state index in [1.165, 1.54) is 16.9 Å². The van der Waals surface area contributed by atoms with Gasteiger partial charge >= 0.3 is 0 Å². The number of hydrogen-bond acceptors (Lipinski definition) is 4. The zero-order chi connectivity index (χ0) is 10.9. The predicted molar refractivity (Wildman–Crippen MR) is 62.7 cm³/mol. The molecular formula is C11H18N2OS. The van der Waals surface area contributed by atoms with E-state index < -0.39 is 0 Å². The smallest absolute Gasteiger partial charge is 0.0885 e. The Labute approximate surface area is 94.6 Å². The third-order valence-corrected chi connectivity index (χ3v) is 4.37. The van der Waals surface area contributed by atoms with Crippen LogP contribution in [0.3, 0.4) is 0 Å². The average molecular weight is 226 g/mol. The van der Waals surface area contributed by atoms with Crippen LogP contribution in [-0.2, 0) is 4.74 Å². The Morgan fingerprint density at radius 2 is 2.33 bits per heavy atom. The topological polar surface area (TPSA) is 47.3 Å². The first-order chi connectivity index (χ1) is 7.23. The van der Waals surface area contributed by atoms with Crippen LogP contribution in [0.15, 0.2) is 11.4 Å². The van der Waals surface area contributed by atoms with Gasteiger partial charge in [-0.3, -0.25) is 11.3 Å². The van der Waals surface area contributed by atoms with Crippen LogP contribution in [0.2, 0.25) is 0 Å². The van der Waals surface area contributed by atoms with E-state index in [1.807, 2.05) is 0 Å². The Balaban J connectivity index is 2.27. The maximum atomic E-state index is 5.68. The molecule has 1 heterocycles. The lowest BCUT2D eigenvalue weighted by Gasteiger charge is -2.46. The van der Waals surface area contributed by atoms with Crippen molar-refractivity contribution >= 4 is 11.3 Å². The number of thiophene rings is 1. The first kappa shape index (κ1) is 11.1. The van der Waals surface area contributed by atoms with Gasteiger partial charge in [0, 0.05) is 12.0 Å². The van der Waals surface area contributed by atoms with Crippen molar-refractivity contribution in [2.75, 3.05) is 7.11 Å². The van der Waals surface area contributed by atoms with Crippen molar-refractivity contribution in [3.63, 3.8) is 0 Å². The van der Waals surface area contributed by atoms with E-state index in [1.54, 1.807) is 18.4 Å². The molecule has 0 saturated heterocycles. The van der Waals surface area contributed by atoms with Crippen LogP contribution in [-0.4, -0.2) is 12.7 Å². The van der Waals surface area contributed by atoms with Crippen LogP contribution in [0.1, 0.15) is 35.7 Å². The van der Waals surface area contributed by atoms with Gasteiger partial charge < -0.3 is 4.74 Å². The van der Waals surface area contributed by atoms with Crippen LogP contribution in [0.5, 0.6) is 0 Å². The van der Waals surface area contributed by atoms with Crippen LogP contribution in [0.4, 0.5) is 0 Å². The van der Waals surface area contributed by atoms with E-state index in [9.17, 15) is 0 Å². The number of nitrogens with one attached hydrogen (secondary N) is 1. The average Bonchev–Trinajstić information content (AvgIpc) is 2.58. The number of rotatable bonds is 4. The first-order valence-corrected chi connectivity index (χ1v) is 6.17. The molecule has 15 heavy (non-hydrogen) atoms. The molecule has 1 saturated carbocycles. The molecule has 0 aromatic carbocycles. The summed E-state index contributed by atoms with van der Waals surface area (Å²) >= 11 is 1.76. The monoisotopic (exact) mass is 226 g/mol. The lowest BCUT2D eigenvalue weighted by molar-refractivity contribution is -0.0999. The molecule has 3 nitrogen and oxygen atoms in total. The van der Waals surface area contributed by atoms with Crippen molar-refractivity contribution < 1.29 is 4.74 Å². The second-order valence-electron chi connectivity index (χ2n) is 4.15. The number of ether oxygens (including phenoxy) is 1. The van der Waals surface area contributed by atoms with Crippen molar-refractivity contribution in [1.82, 2.24) is 5.43 Å². The Morgan fingerprint density at radius 3 is 2.67 bits per heavy atom. The van der Waals surface area contributed by atoms with E-state index >= 15 is 0 Å². The van der Waals surface area contributed by atoms with Crippen molar-refractivity contribution in [3.8, 4) is 0 Å². The van der Waals surface area contributed by atoms with Crippen LogP contribution < -0.4 is 11.3 Å². The first-order valence-electron chi connectivity index (χ1n) is 5.29. The summed E-state index contributed by atoms with van der Waals surface area (Å²) in [4.78, 5) is 1.32. The van der Waals surface area contributed by atoms with Gasteiger partial charge in [0.2, 0.25) is 0 Å². The van der Waals surface area contributed by atoms with Crippen molar-refractivity contribution in [1.29, 1.82) is 0 Å². The molecule has 1 unspecified atom stereocenters. The highest BCUT2D eigenvalue weighted by atomic mass is 32.1. The summed E-state index contributed by atoms with van der Waals surface area (Å²) in [6, 6.07) is 2.27. The molecule has 1 aromatic heterocycles. The van der Waals surface area contributed by atoms with E-state index in [-0.39, 0.29) is 11.6 Å². The molecule has 84 valence electrons. The van der Waals surface area contributed by atoms with Gasteiger partial charge in [0.25, 0.3) is 0 Å². The highest BCUT2D eigenvalue weighted by molar-refractivity contribution is 7.10. The largest absolute Gasteiger partial charge is 0.376 e. The molecule has 1 aromatic rings. The molecule has 0 spiro atoms. The Kier molecular flexibility index (Phi) is 3.11. The maximum Gasteiger partial charge on any atom is 0.0885 e. The Morgan fingerprint density at radius 1 is 1.60 bits per heavy atom. The summed E-state index contributed by atoms with van der Waals surface area (Å²) < 4.78 is 5.67. The number of aryl methyl sites for hydroxylation is 1. The van der Waals surface area contributed by atoms with Gasteiger partial charge in [0.1, 0.15) is 0 Å². The highest BCUT2D eigenvalue weighted by Crippen LogP contribution is 2.45. The minimum atomic E-state index is -0.0828. The molecule has 3 N–H and O–H groups in total. The van der Waals surface area contributed by atoms with E-state index in [4.69, 9.17) is 10.6 Å². The molecule has 0 aliphatic heterocycles. The van der Waals surface area contributed by atoms with Gasteiger partial charge in [-0.05, 0) is 43.2 Å². The summed E-state index contributed by atoms with van der Waals surface area (Å²) in [5, 5.41) is 2.11. The molecule has 1 fully saturated rings. The lowest BCUT2D eigenvalue weighted by atomic mass is 9.72. The maximum absolute atomic E-state index is 5.68. The summed E-state index contributed by atoms with van der Waals surface area (Å²) in [5.41, 5.74) is 4.12. The predicted octanol–water partition coefficient (Wildman–Crippen LogP) is 2.13. The second-order valence-corrected chi connectivity index (χ2v) is 5.27. The van der Waals surface area contributed by atoms with Crippen LogP contribution in [0, 0.1) is 6.92 Å². The fourth-order valence-electron chi connectivity index (χ4n) is 2.36. The molecule has 2 rings (SSSR count). The summed E-state index contributed by atoms with van der Waals surface area (Å²) in [6.07, 6.45) is 3.41. The van der Waals surface area contributed by atoms with Crippen molar-refractivity contribution in [2.24, 2.45) is 5.84 Å². The molecule has 1 atom stereocenters. The molecule has 1 aliphatic rings. The Bertz CT molecular complexity index is 328. The number of hydrogen-bond donors (Lipinski definition) is 2. The third kappa shape index (κ3) is 1.72. The second kappa shape index (κ2) is 4.22. The number of hydrazine groups is 1. The number of nitrogens with two attached hydrogens (primary N) is 1. The van der Waals surface area contributed by atoms with E-state index in [0.29, 0.717) is 0 Å². The zero-order valence-electron chi connectivity index (χ0n) is 9.25. The van der Waals surface area contributed by atoms with Crippen LogP contribution >= 0.6 is 11.3 Å². The van der Waals surface area contributed by atoms with Gasteiger partial charge in [-0.15, -0.1) is 11.3 Å². The highest BCUT2D eigenvalue weighted by Gasteiger charge is 2.45. The third-order valence-electron chi connectivity index (χ3n) is 3.51. The van der Waals surface area contributed by atoms with Gasteiger partial charge in [-0.25, -0.2) is 0 Å². The lowest BCUT2D eigenvalue weighted by Crippen LogP contribution is -2.52. The summed E-state index contributed by atoms with van der Waals surface area (Å²) in [5.74, 6) is 5.68. The van der Waals surface area contributed by atoms with E-state index in [0.717, 1.165) is 12.8 Å². The minimum absolute atomic E-state index is 0.0828. The SMILES string of the molecule is COC1(C(NN)c2ccsc2C)CCC1. The summed E-state index contributed by atoms with van der Waals surface area (Å²) in [7, 11) is 1.78. The normalized spacial score (nSPS) is 21.0. The quantitative estimate of drug-likeness (QED) is 0.611. The van der Waals surface area contributed by atoms with Crippen molar-refractivity contribution in [2.45, 2.75) is 37.8 Å². The van der Waals surface area contributed by atoms with E-state index in [2.05, 4.69) is 23.8 Å². The van der Waals surface area contributed by atoms with Gasteiger partial charge in [0.15, 0.2) is 0 Å². The summed E-state index contributed by atoms with van der Waals surface area (Å²) in [6.45, 7) is 2.13. The molecule has 1 aliphatic carbocycles. The number of methoxy groups -OCH3 is 1. The zero-order valence-corrected chi connectivity index (χ0v) is 10.1. The van der Waals surface area contributed by atoms with Gasteiger partial charge in [-0.1, -0.05) is 0 Å². The molecule has 0 bridgehead atoms. The molecule has 4 heteroatoms. The molecular weight excluding hydrogens is 208 g/mol. The van der Waals surface area contributed by atoms with Gasteiger partial charge in [0.05, 0.1) is 11.6 Å².